The van der Waals surface area contributed by atoms with E-state index < -0.39 is 42.9 Å². The largest absolute Gasteiger partial charge is 0.480 e. The number of rotatable bonds is 22. The van der Waals surface area contributed by atoms with Crippen LogP contribution >= 0.6 is 0 Å². The number of carboxylic acid groups (broad SMARTS) is 3. The molecule has 0 saturated carbocycles. The molecule has 9 N–H and O–H groups in total. The van der Waals surface area contributed by atoms with Crippen molar-refractivity contribution in [2.24, 2.45) is 5.73 Å². The number of hydrogen-bond acceptors (Lipinski definition) is 10. The summed E-state index contributed by atoms with van der Waals surface area (Å²) in [5.41, 5.74) is 13.2. The van der Waals surface area contributed by atoms with Crippen molar-refractivity contribution in [1.82, 2.24) is 31.3 Å². The molecule has 2 rings (SSSR count). The van der Waals surface area contributed by atoms with Crippen LogP contribution in [0.15, 0.2) is 54.6 Å². The van der Waals surface area contributed by atoms with Gasteiger partial charge in [0, 0.05) is 39.1 Å². The van der Waals surface area contributed by atoms with Crippen molar-refractivity contribution < 1.29 is 44.1 Å². The number of nitrogens with one attached hydrogen (secondary N) is 4. The molecule has 0 saturated heterocycles. The minimum atomic E-state index is -1.18. The SMILES string of the molecule is N[C@H](Cc1ccccc1)C(=O)NNC(=O)CCc1ccc(CNC(=O)CN(CCNCC(=O)O)CCN(CC(=O)O)CC(=O)O)cc1. The smallest absolute Gasteiger partial charge is 0.317 e. The average molecular weight is 658 g/mol. The highest BCUT2D eigenvalue weighted by molar-refractivity contribution is 5.85. The molecule has 0 aliphatic rings. The van der Waals surface area contributed by atoms with Crippen LogP contribution in [0.2, 0.25) is 0 Å². The number of benzene rings is 2. The highest BCUT2D eigenvalue weighted by Crippen LogP contribution is 2.07. The Balaban J connectivity index is 1.78. The number of carbonyl (C=O) groups is 6. The summed E-state index contributed by atoms with van der Waals surface area (Å²) >= 11 is 0. The molecule has 0 aliphatic heterocycles. The van der Waals surface area contributed by atoms with Crippen molar-refractivity contribution in [2.75, 3.05) is 52.4 Å². The zero-order chi connectivity index (χ0) is 34.6. The lowest BCUT2D eigenvalue weighted by Gasteiger charge is -2.25. The summed E-state index contributed by atoms with van der Waals surface area (Å²) in [5, 5.41) is 32.5. The van der Waals surface area contributed by atoms with Crippen LogP contribution in [0.4, 0.5) is 0 Å². The Morgan fingerprint density at radius 3 is 1.91 bits per heavy atom. The van der Waals surface area contributed by atoms with Gasteiger partial charge >= 0.3 is 17.9 Å². The van der Waals surface area contributed by atoms with Crippen LogP contribution in [-0.2, 0) is 48.2 Å². The van der Waals surface area contributed by atoms with Crippen molar-refractivity contribution in [3.63, 3.8) is 0 Å². The first-order valence-electron chi connectivity index (χ1n) is 14.9. The van der Waals surface area contributed by atoms with Crippen LogP contribution < -0.4 is 27.2 Å². The molecule has 47 heavy (non-hydrogen) atoms. The predicted molar refractivity (Wildman–Crippen MR) is 170 cm³/mol. The van der Waals surface area contributed by atoms with Crippen molar-refractivity contribution >= 4 is 35.6 Å². The second-order valence-electron chi connectivity index (χ2n) is 10.8. The Morgan fingerprint density at radius 1 is 0.681 bits per heavy atom. The molecule has 2 aromatic carbocycles. The van der Waals surface area contributed by atoms with Crippen LogP contribution in [0.3, 0.4) is 0 Å². The summed E-state index contributed by atoms with van der Waals surface area (Å²) in [7, 11) is 0. The third-order valence-corrected chi connectivity index (χ3v) is 6.81. The lowest BCUT2D eigenvalue weighted by atomic mass is 10.1. The first-order chi connectivity index (χ1) is 22.4. The van der Waals surface area contributed by atoms with E-state index in [1.807, 2.05) is 42.5 Å². The van der Waals surface area contributed by atoms with Gasteiger partial charge in [0.15, 0.2) is 0 Å². The van der Waals surface area contributed by atoms with E-state index in [4.69, 9.17) is 21.1 Å². The van der Waals surface area contributed by atoms with Crippen molar-refractivity contribution in [3.8, 4) is 0 Å². The monoisotopic (exact) mass is 657 g/mol. The van der Waals surface area contributed by atoms with Crippen LogP contribution in [0.25, 0.3) is 0 Å². The lowest BCUT2D eigenvalue weighted by molar-refractivity contribution is -0.142. The molecule has 0 aliphatic carbocycles. The van der Waals surface area contributed by atoms with Gasteiger partial charge < -0.3 is 31.7 Å². The normalized spacial score (nSPS) is 11.6. The molecule has 0 bridgehead atoms. The maximum atomic E-state index is 12.7. The second-order valence-corrected chi connectivity index (χ2v) is 10.8. The molecule has 0 fully saturated rings. The average Bonchev–Trinajstić information content (AvgIpc) is 3.02. The Labute approximate surface area is 272 Å². The summed E-state index contributed by atoms with van der Waals surface area (Å²) in [5.74, 6) is -4.61. The fourth-order valence-corrected chi connectivity index (χ4v) is 4.37. The Kier molecular flexibility index (Phi) is 17.1. The van der Waals surface area contributed by atoms with Gasteiger partial charge in [0.1, 0.15) is 0 Å². The molecule has 0 radical (unpaired) electrons. The summed E-state index contributed by atoms with van der Waals surface area (Å²) in [6.07, 6.45) is 0.871. The Bertz CT molecular complexity index is 1310. The molecule has 2 aromatic rings. The number of aliphatic carboxylic acids is 3. The summed E-state index contributed by atoms with van der Waals surface area (Å²) < 4.78 is 0. The number of nitrogens with zero attached hydrogens (tertiary/aromatic N) is 2. The molecule has 0 aromatic heterocycles. The molecular weight excluding hydrogens is 614 g/mol. The molecule has 16 heteroatoms. The molecule has 1 atom stereocenters. The van der Waals surface area contributed by atoms with Gasteiger partial charge in [-0.1, -0.05) is 54.6 Å². The van der Waals surface area contributed by atoms with Crippen molar-refractivity contribution in [3.05, 3.63) is 71.3 Å². The molecule has 3 amide bonds. The van der Waals surface area contributed by atoms with E-state index in [0.717, 1.165) is 16.7 Å². The second kappa shape index (κ2) is 21.0. The van der Waals surface area contributed by atoms with E-state index in [1.54, 1.807) is 17.0 Å². The number of amides is 3. The fourth-order valence-electron chi connectivity index (χ4n) is 4.37. The first kappa shape index (κ1) is 38.3. The number of hydrazine groups is 1. The number of carbonyl (C=O) groups excluding carboxylic acids is 3. The van der Waals surface area contributed by atoms with Gasteiger partial charge in [-0.3, -0.25) is 49.4 Å². The number of aryl methyl sites for hydroxylation is 1. The van der Waals surface area contributed by atoms with Crippen LogP contribution in [0.5, 0.6) is 0 Å². The van der Waals surface area contributed by atoms with Crippen molar-refractivity contribution in [1.29, 1.82) is 0 Å². The maximum Gasteiger partial charge on any atom is 0.317 e. The predicted octanol–water partition coefficient (Wildman–Crippen LogP) is -1.60. The fraction of sp³-hybridized carbons (Fsp3) is 0.419. The van der Waals surface area contributed by atoms with E-state index in [9.17, 15) is 28.8 Å². The lowest BCUT2D eigenvalue weighted by Crippen LogP contribution is -2.50. The minimum Gasteiger partial charge on any atom is -0.480 e. The molecule has 0 unspecified atom stereocenters. The third kappa shape index (κ3) is 17.4. The van der Waals surface area contributed by atoms with Gasteiger partial charge in [0.25, 0.3) is 5.91 Å². The van der Waals surface area contributed by atoms with E-state index in [2.05, 4.69) is 21.5 Å². The summed E-state index contributed by atoms with van der Waals surface area (Å²) in [6, 6.07) is 15.7. The maximum absolute atomic E-state index is 12.7. The standard InChI is InChI=1S/C31H43N7O9/c32-25(16-23-4-2-1-3-5-23)31(47)36-35-26(39)11-10-22-6-8-24(9-7-22)17-34-27(40)19-37(13-12-33-18-28(41)42)14-15-38(20-29(43)44)21-30(45)46/h1-9,25,33H,10-21,32H2,(H,34,40)(H,35,39)(H,36,47)(H,41,42)(H,43,44)(H,45,46)/t25-/m1/s1. The zero-order valence-electron chi connectivity index (χ0n) is 26.0. The van der Waals surface area contributed by atoms with E-state index in [-0.39, 0.29) is 64.0 Å². The van der Waals surface area contributed by atoms with Crippen LogP contribution in [0, 0.1) is 0 Å². The van der Waals surface area contributed by atoms with Gasteiger partial charge in [-0.05, 0) is 29.5 Å². The number of carboxylic acids is 3. The summed E-state index contributed by atoms with van der Waals surface area (Å²) in [6.45, 7) is -0.353. The highest BCUT2D eigenvalue weighted by atomic mass is 16.4. The molecule has 0 heterocycles. The van der Waals surface area contributed by atoms with E-state index in [0.29, 0.717) is 12.8 Å². The van der Waals surface area contributed by atoms with Gasteiger partial charge in [0.2, 0.25) is 11.8 Å². The van der Waals surface area contributed by atoms with Gasteiger partial charge in [0.05, 0.1) is 32.2 Å². The third-order valence-electron chi connectivity index (χ3n) is 6.81. The summed E-state index contributed by atoms with van der Waals surface area (Å²) in [4.78, 5) is 73.0. The highest BCUT2D eigenvalue weighted by Gasteiger charge is 2.17. The van der Waals surface area contributed by atoms with Gasteiger partial charge in [-0.2, -0.15) is 0 Å². The molecular formula is C31H43N7O9. The Hall–Kier alpha value is -4.90. The van der Waals surface area contributed by atoms with E-state index in [1.165, 1.54) is 4.90 Å². The van der Waals surface area contributed by atoms with Crippen molar-refractivity contribution in [2.45, 2.75) is 31.8 Å². The topological polar surface area (TPSA) is 244 Å². The first-order valence-corrected chi connectivity index (χ1v) is 14.9. The van der Waals surface area contributed by atoms with Gasteiger partial charge in [-0.25, -0.2) is 0 Å². The number of nitrogens with two attached hydrogens (primary N) is 1. The zero-order valence-corrected chi connectivity index (χ0v) is 26.0. The van der Waals surface area contributed by atoms with E-state index >= 15 is 0 Å². The van der Waals surface area contributed by atoms with Crippen LogP contribution in [0.1, 0.15) is 23.1 Å². The quantitative estimate of drug-likeness (QED) is 0.0526. The van der Waals surface area contributed by atoms with Crippen LogP contribution in [-0.4, -0.2) is 119 Å². The molecule has 16 nitrogen and oxygen atoms in total. The van der Waals surface area contributed by atoms with Gasteiger partial charge in [-0.15, -0.1) is 0 Å². The minimum absolute atomic E-state index is 0.0679. The molecule has 0 spiro atoms. The Morgan fingerprint density at radius 2 is 1.30 bits per heavy atom. The number of hydrogen-bond donors (Lipinski definition) is 8. The molecule has 256 valence electrons.